The molecule has 4 atom stereocenters. The van der Waals surface area contributed by atoms with E-state index < -0.39 is 23.3 Å². The van der Waals surface area contributed by atoms with Gasteiger partial charge in [0.05, 0.1) is 16.5 Å². The topological polar surface area (TPSA) is 74.6 Å². The van der Waals surface area contributed by atoms with E-state index >= 15 is 4.39 Å². The van der Waals surface area contributed by atoms with Crippen molar-refractivity contribution in [3.05, 3.63) is 47.7 Å². The number of aromatic nitrogens is 3. The highest BCUT2D eigenvalue weighted by Crippen LogP contribution is 2.44. The van der Waals surface area contributed by atoms with Gasteiger partial charge in [-0.15, -0.1) is 6.42 Å². The summed E-state index contributed by atoms with van der Waals surface area (Å²) in [6.07, 6.45) is 10.5. The highest BCUT2D eigenvalue weighted by atomic mass is 32.2. The lowest BCUT2D eigenvalue weighted by Crippen LogP contribution is -2.44. The first kappa shape index (κ1) is 27.8. The Hall–Kier alpha value is -3.75. The summed E-state index contributed by atoms with van der Waals surface area (Å²) in [6.45, 7) is 1.43. The molecule has 2 unspecified atom stereocenters. The first-order valence-electron chi connectivity index (χ1n) is 15.0. The standard InChI is InChI=1S/C33H30F3N5O2S/c1-2-23-26(35)7-4-18-10-22(42)11-24(27(18)23)29-28(36)30-25(13-37-29)31(41-20-5-6-21(41)16-44-15-20)39-32(38-30)43-17-33-8-3-9-40(33)14-19(34)12-33/h1,4,7,10-11,13,19-21,42H,3,5-6,8-9,12,14-17H2/t19-,20?,21?,33+/m1/s1. The molecule has 2 aromatic carbocycles. The molecule has 226 valence electrons. The van der Waals surface area contributed by atoms with Crippen LogP contribution in [0.15, 0.2) is 30.5 Å². The van der Waals surface area contributed by atoms with Crippen LogP contribution in [-0.4, -0.2) is 80.0 Å². The third-order valence-electron chi connectivity index (χ3n) is 9.81. The second-order valence-electron chi connectivity index (χ2n) is 12.4. The lowest BCUT2D eigenvalue weighted by Gasteiger charge is -2.36. The van der Waals surface area contributed by atoms with Crippen molar-refractivity contribution in [2.75, 3.05) is 36.1 Å². The van der Waals surface area contributed by atoms with Crippen molar-refractivity contribution in [1.29, 1.82) is 0 Å². The Morgan fingerprint density at radius 3 is 2.77 bits per heavy atom. The Bertz CT molecular complexity index is 1850. The molecule has 7 nitrogen and oxygen atoms in total. The number of halogens is 3. The van der Waals surface area contributed by atoms with Crippen molar-refractivity contribution in [2.45, 2.75) is 55.9 Å². The third-order valence-corrected chi connectivity index (χ3v) is 11.1. The van der Waals surface area contributed by atoms with E-state index in [1.54, 1.807) is 6.20 Å². The lowest BCUT2D eigenvalue weighted by molar-refractivity contribution is 0.107. The summed E-state index contributed by atoms with van der Waals surface area (Å²) in [5.74, 6) is 3.31. The SMILES string of the molecule is C#Cc1c(F)ccc2cc(O)cc(-c3ncc4c(N5C6CCC5CSC6)nc(OC[C@@]56CCCN5C[C@H](F)C6)nc4c3F)c12. The van der Waals surface area contributed by atoms with Gasteiger partial charge in [0.15, 0.2) is 5.82 Å². The van der Waals surface area contributed by atoms with Crippen LogP contribution in [0.4, 0.5) is 19.0 Å². The highest BCUT2D eigenvalue weighted by Gasteiger charge is 2.49. The van der Waals surface area contributed by atoms with Gasteiger partial charge in [-0.3, -0.25) is 9.88 Å². The first-order valence-corrected chi connectivity index (χ1v) is 16.2. The van der Waals surface area contributed by atoms with Crippen molar-refractivity contribution >= 4 is 39.3 Å². The maximum Gasteiger partial charge on any atom is 0.319 e. The predicted octanol–water partition coefficient (Wildman–Crippen LogP) is 5.85. The largest absolute Gasteiger partial charge is 0.508 e. The minimum atomic E-state index is -0.908. The van der Waals surface area contributed by atoms with Crippen molar-refractivity contribution in [2.24, 2.45) is 0 Å². The number of thioether (sulfide) groups is 1. The molecule has 11 heteroatoms. The van der Waals surface area contributed by atoms with Gasteiger partial charge in [-0.25, -0.2) is 13.2 Å². The normalized spacial score (nSPS) is 26.4. The summed E-state index contributed by atoms with van der Waals surface area (Å²) in [5, 5.41) is 11.7. The molecule has 4 aliphatic heterocycles. The zero-order valence-corrected chi connectivity index (χ0v) is 24.7. The molecule has 8 rings (SSSR count). The molecule has 44 heavy (non-hydrogen) atoms. The molecular formula is C33H30F3N5O2S. The Balaban J connectivity index is 1.29. The number of anilines is 1. The van der Waals surface area contributed by atoms with Crippen LogP contribution in [0.2, 0.25) is 0 Å². The number of hydrogen-bond acceptors (Lipinski definition) is 8. The fourth-order valence-electron chi connectivity index (χ4n) is 7.85. The van der Waals surface area contributed by atoms with Crippen LogP contribution in [0.3, 0.4) is 0 Å². The Labute approximate surface area is 256 Å². The molecule has 0 saturated carbocycles. The van der Waals surface area contributed by atoms with E-state index in [0.717, 1.165) is 43.7 Å². The van der Waals surface area contributed by atoms with Crippen LogP contribution in [0.1, 0.15) is 37.7 Å². The fraction of sp³-hybridized carbons (Fsp3) is 0.424. The van der Waals surface area contributed by atoms with Crippen LogP contribution in [0.25, 0.3) is 32.9 Å². The average molecular weight is 618 g/mol. The predicted molar refractivity (Wildman–Crippen MR) is 165 cm³/mol. The van der Waals surface area contributed by atoms with Crippen molar-refractivity contribution in [3.8, 4) is 35.4 Å². The maximum atomic E-state index is 16.8. The molecular weight excluding hydrogens is 587 g/mol. The summed E-state index contributed by atoms with van der Waals surface area (Å²) in [5.41, 5.74) is -0.416. The van der Waals surface area contributed by atoms with Gasteiger partial charge in [0, 0.05) is 53.7 Å². The number of benzene rings is 2. The molecule has 4 aromatic rings. The summed E-state index contributed by atoms with van der Waals surface area (Å²) in [4.78, 5) is 18.3. The van der Waals surface area contributed by atoms with Gasteiger partial charge in [-0.05, 0) is 55.8 Å². The lowest BCUT2D eigenvalue weighted by atomic mass is 9.95. The second-order valence-corrected chi connectivity index (χ2v) is 13.4. The number of fused-ring (bicyclic) bond motifs is 5. The first-order chi connectivity index (χ1) is 21.3. The summed E-state index contributed by atoms with van der Waals surface area (Å²) >= 11 is 1.91. The number of phenolic OH excluding ortho intramolecular Hbond substituents is 1. The van der Waals surface area contributed by atoms with Gasteiger partial charge < -0.3 is 14.7 Å². The van der Waals surface area contributed by atoms with E-state index in [4.69, 9.17) is 16.1 Å². The van der Waals surface area contributed by atoms with Crippen LogP contribution >= 0.6 is 11.8 Å². The van der Waals surface area contributed by atoms with Crippen LogP contribution in [-0.2, 0) is 0 Å². The number of rotatable bonds is 5. The molecule has 0 aliphatic carbocycles. The van der Waals surface area contributed by atoms with Gasteiger partial charge >= 0.3 is 6.01 Å². The molecule has 0 radical (unpaired) electrons. The summed E-state index contributed by atoms with van der Waals surface area (Å²) in [6, 6.07) is 6.01. The summed E-state index contributed by atoms with van der Waals surface area (Å²) in [7, 11) is 0. The molecule has 6 heterocycles. The smallest absolute Gasteiger partial charge is 0.319 e. The van der Waals surface area contributed by atoms with E-state index in [9.17, 15) is 13.9 Å². The number of alkyl halides is 1. The van der Waals surface area contributed by atoms with E-state index in [2.05, 4.69) is 25.7 Å². The zero-order valence-electron chi connectivity index (χ0n) is 23.9. The number of pyridine rings is 1. The van der Waals surface area contributed by atoms with E-state index in [-0.39, 0.29) is 58.2 Å². The van der Waals surface area contributed by atoms with Gasteiger partial charge in [-0.1, -0.05) is 12.0 Å². The minimum absolute atomic E-state index is 0.0124. The van der Waals surface area contributed by atoms with Crippen molar-refractivity contribution in [1.82, 2.24) is 19.9 Å². The number of phenols is 1. The minimum Gasteiger partial charge on any atom is -0.508 e. The molecule has 4 fully saturated rings. The maximum absolute atomic E-state index is 16.8. The number of ether oxygens (including phenoxy) is 1. The molecule has 0 amide bonds. The second kappa shape index (κ2) is 10.4. The monoisotopic (exact) mass is 617 g/mol. The third kappa shape index (κ3) is 4.29. The zero-order chi connectivity index (χ0) is 30.2. The molecule has 4 saturated heterocycles. The number of nitrogens with zero attached hydrogens (tertiary/aromatic N) is 5. The van der Waals surface area contributed by atoms with Crippen LogP contribution in [0, 0.1) is 24.0 Å². The molecule has 4 aliphatic rings. The molecule has 0 spiro atoms. The number of terminal acetylenes is 1. The van der Waals surface area contributed by atoms with Gasteiger partial charge in [0.25, 0.3) is 0 Å². The Morgan fingerprint density at radius 2 is 1.98 bits per heavy atom. The Kier molecular flexibility index (Phi) is 6.58. The summed E-state index contributed by atoms with van der Waals surface area (Å²) < 4.78 is 52.3. The van der Waals surface area contributed by atoms with Gasteiger partial charge in [0.2, 0.25) is 0 Å². The van der Waals surface area contributed by atoms with E-state index in [1.165, 1.54) is 24.3 Å². The Morgan fingerprint density at radius 1 is 1.16 bits per heavy atom. The average Bonchev–Trinajstić information content (AvgIpc) is 3.62. The molecule has 2 bridgehead atoms. The van der Waals surface area contributed by atoms with E-state index in [0.29, 0.717) is 29.6 Å². The molecule has 1 N–H and O–H groups in total. The molecule has 2 aromatic heterocycles. The quantitative estimate of drug-likeness (QED) is 0.280. The van der Waals surface area contributed by atoms with Gasteiger partial charge in [0.1, 0.15) is 41.4 Å². The van der Waals surface area contributed by atoms with E-state index in [1.807, 2.05) is 11.8 Å². The van der Waals surface area contributed by atoms with Crippen LogP contribution < -0.4 is 9.64 Å². The fourth-order valence-corrected chi connectivity index (χ4v) is 9.18. The number of hydrogen-bond donors (Lipinski definition) is 1. The van der Waals surface area contributed by atoms with Crippen molar-refractivity contribution in [3.63, 3.8) is 0 Å². The van der Waals surface area contributed by atoms with Crippen molar-refractivity contribution < 1.29 is 23.0 Å². The van der Waals surface area contributed by atoms with Crippen LogP contribution in [0.5, 0.6) is 11.8 Å². The highest BCUT2D eigenvalue weighted by molar-refractivity contribution is 7.99. The van der Waals surface area contributed by atoms with Gasteiger partial charge in [-0.2, -0.15) is 21.7 Å². The number of aromatic hydroxyl groups is 1.